The molecule has 0 bridgehead atoms. The van der Waals surface area contributed by atoms with Crippen molar-refractivity contribution in [3.8, 4) is 5.75 Å². The van der Waals surface area contributed by atoms with Crippen molar-refractivity contribution in [1.82, 2.24) is 5.32 Å². The standard InChI is InChI=1S/C16H23NO6S/c1-3-4-5-10-24(21,22)11-14(18)17-15(16(19)20)12-6-8-13(23-2)9-7-12/h6-9,15H,3-5,10-11H2,1-2H3,(H,17,18)(H,19,20). The monoisotopic (exact) mass is 357 g/mol. The first kappa shape index (κ1) is 20.0. The predicted molar refractivity (Wildman–Crippen MR) is 89.7 cm³/mol. The van der Waals surface area contributed by atoms with Crippen LogP contribution in [0.15, 0.2) is 24.3 Å². The van der Waals surface area contributed by atoms with Gasteiger partial charge >= 0.3 is 5.97 Å². The zero-order chi connectivity index (χ0) is 18.2. The fourth-order valence-corrected chi connectivity index (χ4v) is 3.40. The zero-order valence-corrected chi connectivity index (χ0v) is 14.6. The number of carbonyl (C=O) groups is 2. The third kappa shape index (κ3) is 6.57. The molecule has 0 heterocycles. The Labute approximate surface area is 141 Å². The lowest BCUT2D eigenvalue weighted by atomic mass is 10.1. The van der Waals surface area contributed by atoms with E-state index in [1.165, 1.54) is 19.2 Å². The minimum absolute atomic E-state index is 0.0749. The predicted octanol–water partition coefficient (Wildman–Crippen LogP) is 1.54. The molecule has 0 aliphatic rings. The average Bonchev–Trinajstić information content (AvgIpc) is 2.52. The number of carbonyl (C=O) groups excluding carboxylic acids is 1. The van der Waals surface area contributed by atoms with E-state index in [0.29, 0.717) is 17.7 Å². The summed E-state index contributed by atoms with van der Waals surface area (Å²) < 4.78 is 28.7. The normalized spacial score (nSPS) is 12.4. The van der Waals surface area contributed by atoms with Gasteiger partial charge in [0, 0.05) is 0 Å². The molecule has 7 nitrogen and oxygen atoms in total. The van der Waals surface area contributed by atoms with Gasteiger partial charge in [-0.05, 0) is 24.1 Å². The summed E-state index contributed by atoms with van der Waals surface area (Å²) in [7, 11) is -2.06. The fraction of sp³-hybridized carbons (Fsp3) is 0.500. The lowest BCUT2D eigenvalue weighted by Gasteiger charge is -2.15. The summed E-state index contributed by atoms with van der Waals surface area (Å²) in [5.41, 5.74) is 0.333. The van der Waals surface area contributed by atoms with Crippen LogP contribution >= 0.6 is 0 Å². The molecule has 0 saturated heterocycles. The number of aliphatic carboxylic acids is 1. The van der Waals surface area contributed by atoms with Crippen LogP contribution in [0.3, 0.4) is 0 Å². The van der Waals surface area contributed by atoms with Crippen LogP contribution in [-0.4, -0.2) is 44.0 Å². The van der Waals surface area contributed by atoms with Crippen molar-refractivity contribution in [2.24, 2.45) is 0 Å². The van der Waals surface area contributed by atoms with E-state index in [1.54, 1.807) is 12.1 Å². The number of carboxylic acid groups (broad SMARTS) is 1. The van der Waals surface area contributed by atoms with Gasteiger partial charge in [-0.2, -0.15) is 0 Å². The molecule has 1 atom stereocenters. The number of amides is 1. The highest BCUT2D eigenvalue weighted by Crippen LogP contribution is 2.18. The molecule has 0 aromatic heterocycles. The number of sulfone groups is 1. The maximum Gasteiger partial charge on any atom is 0.330 e. The molecule has 1 aromatic rings. The molecule has 1 aromatic carbocycles. The highest BCUT2D eigenvalue weighted by molar-refractivity contribution is 7.92. The topological polar surface area (TPSA) is 110 Å². The number of unbranched alkanes of at least 4 members (excludes halogenated alkanes) is 2. The second-order valence-electron chi connectivity index (χ2n) is 5.41. The van der Waals surface area contributed by atoms with E-state index in [2.05, 4.69) is 5.32 Å². The second kappa shape index (κ2) is 9.27. The minimum Gasteiger partial charge on any atom is -0.497 e. The largest absolute Gasteiger partial charge is 0.497 e. The van der Waals surface area contributed by atoms with E-state index in [4.69, 9.17) is 4.74 Å². The Bertz CT molecular complexity index is 654. The van der Waals surface area contributed by atoms with Crippen LogP contribution in [0, 0.1) is 0 Å². The van der Waals surface area contributed by atoms with Gasteiger partial charge in [0.2, 0.25) is 5.91 Å². The zero-order valence-electron chi connectivity index (χ0n) is 13.8. The van der Waals surface area contributed by atoms with Gasteiger partial charge < -0.3 is 15.2 Å². The van der Waals surface area contributed by atoms with Crippen LogP contribution in [0.2, 0.25) is 0 Å². The Hall–Kier alpha value is -2.09. The van der Waals surface area contributed by atoms with E-state index >= 15 is 0 Å². The Morgan fingerprint density at radius 2 is 1.83 bits per heavy atom. The molecule has 0 radical (unpaired) electrons. The molecule has 134 valence electrons. The number of carboxylic acids is 1. The number of rotatable bonds is 10. The average molecular weight is 357 g/mol. The van der Waals surface area contributed by atoms with Crippen molar-refractivity contribution in [2.75, 3.05) is 18.6 Å². The molecule has 8 heteroatoms. The molecule has 0 aliphatic heterocycles. The summed E-state index contributed by atoms with van der Waals surface area (Å²) in [5, 5.41) is 11.5. The van der Waals surface area contributed by atoms with Crippen molar-refractivity contribution >= 4 is 21.7 Å². The molecule has 1 amide bonds. The van der Waals surface area contributed by atoms with Crippen LogP contribution in [0.25, 0.3) is 0 Å². The smallest absolute Gasteiger partial charge is 0.330 e. The van der Waals surface area contributed by atoms with E-state index in [-0.39, 0.29) is 5.75 Å². The quantitative estimate of drug-likeness (QED) is 0.615. The number of ether oxygens (including phenoxy) is 1. The van der Waals surface area contributed by atoms with Crippen molar-refractivity contribution in [2.45, 2.75) is 32.2 Å². The molecule has 2 N–H and O–H groups in total. The first-order valence-corrected chi connectivity index (χ1v) is 9.47. The Morgan fingerprint density at radius 1 is 1.21 bits per heavy atom. The summed E-state index contributed by atoms with van der Waals surface area (Å²) in [6.07, 6.45) is 2.14. The Kier molecular flexibility index (Phi) is 7.70. The summed E-state index contributed by atoms with van der Waals surface area (Å²) >= 11 is 0. The maximum absolute atomic E-state index is 11.9. The van der Waals surface area contributed by atoms with E-state index in [9.17, 15) is 23.1 Å². The molecule has 1 unspecified atom stereocenters. The molecule has 24 heavy (non-hydrogen) atoms. The molecular weight excluding hydrogens is 334 g/mol. The van der Waals surface area contributed by atoms with Crippen LogP contribution in [0.4, 0.5) is 0 Å². The van der Waals surface area contributed by atoms with Gasteiger partial charge in [0.15, 0.2) is 15.9 Å². The first-order valence-electron chi connectivity index (χ1n) is 7.65. The van der Waals surface area contributed by atoms with Crippen molar-refractivity contribution < 1.29 is 27.9 Å². The summed E-state index contributed by atoms with van der Waals surface area (Å²) in [6, 6.07) is 4.84. The molecule has 0 aliphatic carbocycles. The molecule has 0 saturated carbocycles. The van der Waals surface area contributed by atoms with Gasteiger partial charge in [-0.25, -0.2) is 13.2 Å². The molecular formula is C16H23NO6S. The van der Waals surface area contributed by atoms with Gasteiger partial charge in [-0.1, -0.05) is 31.9 Å². The second-order valence-corrected chi connectivity index (χ2v) is 7.60. The highest BCUT2D eigenvalue weighted by atomic mass is 32.2. The third-order valence-corrected chi connectivity index (χ3v) is 5.02. The van der Waals surface area contributed by atoms with Crippen molar-refractivity contribution in [3.63, 3.8) is 0 Å². The highest BCUT2D eigenvalue weighted by Gasteiger charge is 2.24. The number of hydrogen-bond acceptors (Lipinski definition) is 5. The van der Waals surface area contributed by atoms with Gasteiger partial charge in [0.1, 0.15) is 11.5 Å². The van der Waals surface area contributed by atoms with Crippen molar-refractivity contribution in [1.29, 1.82) is 0 Å². The SMILES string of the molecule is CCCCCS(=O)(=O)CC(=O)NC(C(=O)O)c1ccc(OC)cc1. The van der Waals surface area contributed by atoms with Gasteiger partial charge in [0.05, 0.1) is 12.9 Å². The van der Waals surface area contributed by atoms with Crippen molar-refractivity contribution in [3.05, 3.63) is 29.8 Å². The van der Waals surface area contributed by atoms with Crippen LogP contribution in [0.1, 0.15) is 37.8 Å². The first-order chi connectivity index (χ1) is 11.3. The minimum atomic E-state index is -3.54. The lowest BCUT2D eigenvalue weighted by Crippen LogP contribution is -2.37. The van der Waals surface area contributed by atoms with Crippen LogP contribution in [-0.2, 0) is 19.4 Å². The number of hydrogen-bond donors (Lipinski definition) is 2. The number of methoxy groups -OCH3 is 1. The molecule has 0 fully saturated rings. The number of benzene rings is 1. The summed E-state index contributed by atoms with van der Waals surface area (Å²) in [5.74, 6) is -2.33. The van der Waals surface area contributed by atoms with E-state index in [0.717, 1.165) is 12.8 Å². The van der Waals surface area contributed by atoms with Gasteiger partial charge in [0.25, 0.3) is 0 Å². The maximum atomic E-state index is 11.9. The molecule has 0 spiro atoms. The van der Waals surface area contributed by atoms with E-state index in [1.807, 2.05) is 6.92 Å². The lowest BCUT2D eigenvalue weighted by molar-refractivity contribution is -0.141. The summed E-state index contributed by atoms with van der Waals surface area (Å²) in [6.45, 7) is 1.95. The molecule has 1 rings (SSSR count). The number of nitrogens with one attached hydrogen (secondary N) is 1. The Morgan fingerprint density at radius 3 is 2.33 bits per heavy atom. The van der Waals surface area contributed by atoms with Crippen LogP contribution in [0.5, 0.6) is 5.75 Å². The third-order valence-electron chi connectivity index (χ3n) is 3.41. The fourth-order valence-electron chi connectivity index (χ4n) is 2.13. The summed E-state index contributed by atoms with van der Waals surface area (Å²) in [4.78, 5) is 23.3. The van der Waals surface area contributed by atoms with E-state index < -0.39 is 33.5 Å². The van der Waals surface area contributed by atoms with Gasteiger partial charge in [-0.15, -0.1) is 0 Å². The Balaban J connectivity index is 2.74. The van der Waals surface area contributed by atoms with Gasteiger partial charge in [-0.3, -0.25) is 4.79 Å². The van der Waals surface area contributed by atoms with Crippen LogP contribution < -0.4 is 10.1 Å².